The van der Waals surface area contributed by atoms with Crippen molar-refractivity contribution in [1.82, 2.24) is 4.90 Å². The van der Waals surface area contributed by atoms with Crippen LogP contribution in [0.2, 0.25) is 0 Å². The molecule has 0 N–H and O–H groups in total. The first-order valence-corrected chi connectivity index (χ1v) is 9.17. The van der Waals surface area contributed by atoms with Gasteiger partial charge in [0.15, 0.2) is 0 Å². The second kappa shape index (κ2) is 7.93. The van der Waals surface area contributed by atoms with Crippen molar-refractivity contribution in [3.05, 3.63) is 69.9 Å². The van der Waals surface area contributed by atoms with Crippen LogP contribution in [0, 0.1) is 11.7 Å². The second-order valence-electron chi connectivity index (χ2n) is 6.43. The van der Waals surface area contributed by atoms with Crippen molar-refractivity contribution >= 4 is 21.8 Å². The summed E-state index contributed by atoms with van der Waals surface area (Å²) in [4.78, 5) is 14.3. The molecule has 0 saturated carbocycles. The van der Waals surface area contributed by atoms with Gasteiger partial charge in [0.2, 0.25) is 5.91 Å². The zero-order valence-corrected chi connectivity index (χ0v) is 15.1. The minimum atomic E-state index is -0.314. The molecule has 0 atom stereocenters. The van der Waals surface area contributed by atoms with Gasteiger partial charge in [-0.3, -0.25) is 4.79 Å². The molecule has 126 valence electrons. The molecule has 1 heterocycles. The van der Waals surface area contributed by atoms with Crippen LogP contribution in [0.1, 0.15) is 24.0 Å². The van der Waals surface area contributed by atoms with Crippen molar-refractivity contribution in [2.24, 2.45) is 5.92 Å². The number of hydrogen-bond acceptors (Lipinski definition) is 1. The van der Waals surface area contributed by atoms with E-state index in [0.29, 0.717) is 11.5 Å². The normalized spacial score (nSPS) is 15.5. The van der Waals surface area contributed by atoms with Gasteiger partial charge in [0.1, 0.15) is 5.82 Å². The van der Waals surface area contributed by atoms with Gasteiger partial charge in [0, 0.05) is 17.6 Å². The lowest BCUT2D eigenvalue weighted by Crippen LogP contribution is -2.39. The highest BCUT2D eigenvalue weighted by Gasteiger charge is 2.23. The van der Waals surface area contributed by atoms with Gasteiger partial charge in [-0.05, 0) is 54.5 Å². The van der Waals surface area contributed by atoms with Crippen molar-refractivity contribution in [3.63, 3.8) is 0 Å². The van der Waals surface area contributed by atoms with Gasteiger partial charge in [-0.15, -0.1) is 0 Å². The fourth-order valence-electron chi connectivity index (χ4n) is 3.29. The lowest BCUT2D eigenvalue weighted by molar-refractivity contribution is -0.131. The molecule has 1 fully saturated rings. The van der Waals surface area contributed by atoms with Crippen molar-refractivity contribution in [2.75, 3.05) is 13.1 Å². The number of piperidine rings is 1. The maximum atomic E-state index is 13.8. The minimum absolute atomic E-state index is 0.0187. The quantitative estimate of drug-likeness (QED) is 0.747. The number of benzene rings is 2. The molecule has 0 unspecified atom stereocenters. The average Bonchev–Trinajstić information content (AvgIpc) is 2.60. The SMILES string of the molecule is O=C(Cc1cc(Br)ccc1F)N1CCC(Cc2ccccc2)CC1. The lowest BCUT2D eigenvalue weighted by atomic mass is 9.90. The van der Waals surface area contributed by atoms with Gasteiger partial charge in [-0.1, -0.05) is 46.3 Å². The highest BCUT2D eigenvalue weighted by atomic mass is 79.9. The van der Waals surface area contributed by atoms with Gasteiger partial charge in [-0.2, -0.15) is 0 Å². The smallest absolute Gasteiger partial charge is 0.227 e. The minimum Gasteiger partial charge on any atom is -0.342 e. The molecule has 0 aromatic heterocycles. The molecular weight excluding hydrogens is 369 g/mol. The van der Waals surface area contributed by atoms with Crippen LogP contribution in [-0.2, 0) is 17.6 Å². The van der Waals surface area contributed by atoms with Gasteiger partial charge >= 0.3 is 0 Å². The second-order valence-corrected chi connectivity index (χ2v) is 7.34. The predicted octanol–water partition coefficient (Wildman–Crippen LogP) is 4.61. The summed E-state index contributed by atoms with van der Waals surface area (Å²) in [6, 6.07) is 15.2. The fraction of sp³-hybridized carbons (Fsp3) is 0.350. The van der Waals surface area contributed by atoms with E-state index in [2.05, 4.69) is 40.2 Å². The zero-order valence-electron chi connectivity index (χ0n) is 13.6. The Bertz CT molecular complexity index is 696. The molecule has 0 bridgehead atoms. The summed E-state index contributed by atoms with van der Waals surface area (Å²) in [6.07, 6.45) is 3.24. The van der Waals surface area contributed by atoms with Crippen LogP contribution < -0.4 is 0 Å². The molecule has 1 saturated heterocycles. The molecule has 3 rings (SSSR count). The van der Waals surface area contributed by atoms with Gasteiger partial charge < -0.3 is 4.90 Å². The molecular formula is C20H21BrFNO. The summed E-state index contributed by atoms with van der Waals surface area (Å²) in [7, 11) is 0. The van der Waals surface area contributed by atoms with Crippen molar-refractivity contribution in [3.8, 4) is 0 Å². The molecule has 0 radical (unpaired) electrons. The molecule has 4 heteroatoms. The Morgan fingerprint density at radius 3 is 2.54 bits per heavy atom. The van der Waals surface area contributed by atoms with Crippen molar-refractivity contribution in [1.29, 1.82) is 0 Å². The third kappa shape index (κ3) is 4.44. The summed E-state index contributed by atoms with van der Waals surface area (Å²) in [6.45, 7) is 1.54. The third-order valence-electron chi connectivity index (χ3n) is 4.68. The molecule has 1 aliphatic rings. The summed E-state index contributed by atoms with van der Waals surface area (Å²) in [5, 5.41) is 0. The Morgan fingerprint density at radius 2 is 1.83 bits per heavy atom. The van der Waals surface area contributed by atoms with E-state index in [1.807, 2.05) is 11.0 Å². The highest BCUT2D eigenvalue weighted by molar-refractivity contribution is 9.10. The predicted molar refractivity (Wildman–Crippen MR) is 97.3 cm³/mol. The Labute approximate surface area is 150 Å². The summed E-state index contributed by atoms with van der Waals surface area (Å²) in [5.74, 6) is 0.328. The first-order valence-electron chi connectivity index (χ1n) is 8.37. The number of likely N-dealkylation sites (tertiary alicyclic amines) is 1. The molecule has 0 spiro atoms. The van der Waals surface area contributed by atoms with E-state index in [9.17, 15) is 9.18 Å². The van der Waals surface area contributed by atoms with Crippen LogP contribution in [0.5, 0.6) is 0 Å². The average molecular weight is 390 g/mol. The number of halogens is 2. The third-order valence-corrected chi connectivity index (χ3v) is 5.18. The van der Waals surface area contributed by atoms with Crippen LogP contribution in [0.15, 0.2) is 53.0 Å². The molecule has 2 aromatic carbocycles. The van der Waals surface area contributed by atoms with Crippen LogP contribution in [0.25, 0.3) is 0 Å². The monoisotopic (exact) mass is 389 g/mol. The maximum Gasteiger partial charge on any atom is 0.227 e. The molecule has 2 aromatic rings. The van der Waals surface area contributed by atoms with Gasteiger partial charge in [0.05, 0.1) is 6.42 Å². The first-order chi connectivity index (χ1) is 11.6. The number of carbonyl (C=O) groups excluding carboxylic acids is 1. The van der Waals surface area contributed by atoms with E-state index in [-0.39, 0.29) is 18.1 Å². The van der Waals surface area contributed by atoms with Crippen LogP contribution >= 0.6 is 15.9 Å². The highest BCUT2D eigenvalue weighted by Crippen LogP contribution is 2.23. The Kier molecular flexibility index (Phi) is 5.67. The van der Waals surface area contributed by atoms with E-state index in [1.54, 1.807) is 12.1 Å². The first kappa shape index (κ1) is 17.2. The standard InChI is InChI=1S/C20H21BrFNO/c21-18-6-7-19(22)17(13-18)14-20(24)23-10-8-16(9-11-23)12-15-4-2-1-3-5-15/h1-7,13,16H,8-12,14H2. The molecule has 1 amide bonds. The van der Waals surface area contributed by atoms with Crippen LogP contribution in [0.3, 0.4) is 0 Å². The summed E-state index contributed by atoms with van der Waals surface area (Å²) < 4.78 is 14.6. The van der Waals surface area contributed by atoms with E-state index < -0.39 is 0 Å². The van der Waals surface area contributed by atoms with E-state index >= 15 is 0 Å². The number of carbonyl (C=O) groups is 1. The van der Waals surface area contributed by atoms with Crippen molar-refractivity contribution < 1.29 is 9.18 Å². The van der Waals surface area contributed by atoms with E-state index in [0.717, 1.165) is 36.8 Å². The molecule has 1 aliphatic heterocycles. The molecule has 24 heavy (non-hydrogen) atoms. The number of rotatable bonds is 4. The largest absolute Gasteiger partial charge is 0.342 e. The maximum absolute atomic E-state index is 13.8. The van der Waals surface area contributed by atoms with Gasteiger partial charge in [0.25, 0.3) is 0 Å². The molecule has 2 nitrogen and oxygen atoms in total. The Hall–Kier alpha value is -1.68. The lowest BCUT2D eigenvalue weighted by Gasteiger charge is -2.32. The van der Waals surface area contributed by atoms with Crippen molar-refractivity contribution in [2.45, 2.75) is 25.7 Å². The number of hydrogen-bond donors (Lipinski definition) is 0. The van der Waals surface area contributed by atoms with E-state index in [1.165, 1.54) is 11.6 Å². The zero-order chi connectivity index (χ0) is 16.9. The van der Waals surface area contributed by atoms with Crippen LogP contribution in [0.4, 0.5) is 4.39 Å². The fourth-order valence-corrected chi connectivity index (χ4v) is 3.70. The number of nitrogens with zero attached hydrogens (tertiary/aromatic N) is 1. The van der Waals surface area contributed by atoms with E-state index in [4.69, 9.17) is 0 Å². The summed E-state index contributed by atoms with van der Waals surface area (Å²) >= 11 is 3.33. The van der Waals surface area contributed by atoms with Crippen LogP contribution in [-0.4, -0.2) is 23.9 Å². The summed E-state index contributed by atoms with van der Waals surface area (Å²) in [5.41, 5.74) is 1.82. The topological polar surface area (TPSA) is 20.3 Å². The molecule has 0 aliphatic carbocycles. The Balaban J connectivity index is 1.52. The Morgan fingerprint density at radius 1 is 1.12 bits per heavy atom. The number of amides is 1. The van der Waals surface area contributed by atoms with Gasteiger partial charge in [-0.25, -0.2) is 4.39 Å².